The number of aromatic nitrogens is 2. The fourth-order valence-corrected chi connectivity index (χ4v) is 1.96. The number of nitrogens with zero attached hydrogens (tertiary/aromatic N) is 2. The van der Waals surface area contributed by atoms with Crippen molar-refractivity contribution in [1.82, 2.24) is 9.97 Å². The zero-order valence-corrected chi connectivity index (χ0v) is 11.8. The molecule has 2 N–H and O–H groups in total. The van der Waals surface area contributed by atoms with E-state index in [0.29, 0.717) is 16.5 Å². The molecule has 19 heavy (non-hydrogen) atoms. The van der Waals surface area contributed by atoms with Gasteiger partial charge in [-0.25, -0.2) is 14.4 Å². The molecule has 2 rings (SSSR count). The maximum absolute atomic E-state index is 13.2. The number of benzene rings is 1. The molecular weight excluding hydrogens is 263 g/mol. The highest BCUT2D eigenvalue weighted by atomic mass is 32.2. The van der Waals surface area contributed by atoms with E-state index in [-0.39, 0.29) is 5.82 Å². The van der Waals surface area contributed by atoms with E-state index in [9.17, 15) is 4.39 Å². The zero-order valence-electron chi connectivity index (χ0n) is 11.0. The van der Waals surface area contributed by atoms with Crippen LogP contribution in [0.3, 0.4) is 0 Å². The first-order valence-electron chi connectivity index (χ1n) is 5.76. The number of hydrogen-bond donors (Lipinski definition) is 2. The summed E-state index contributed by atoms with van der Waals surface area (Å²) in [5.41, 5.74) is 1.39. The molecule has 0 spiro atoms. The number of anilines is 3. The molecule has 0 bridgehead atoms. The van der Waals surface area contributed by atoms with Crippen molar-refractivity contribution in [3.8, 4) is 0 Å². The highest BCUT2D eigenvalue weighted by Gasteiger charge is 2.04. The SMILES string of the molecule is CNc1cc(Nc2ccc(F)c(C)c2)nc(SC)n1. The summed E-state index contributed by atoms with van der Waals surface area (Å²) < 4.78 is 13.2. The molecule has 0 saturated carbocycles. The van der Waals surface area contributed by atoms with Crippen molar-refractivity contribution >= 4 is 29.1 Å². The van der Waals surface area contributed by atoms with Gasteiger partial charge in [0.1, 0.15) is 17.5 Å². The van der Waals surface area contributed by atoms with Crippen LogP contribution < -0.4 is 10.6 Å². The Morgan fingerprint density at radius 1 is 1.16 bits per heavy atom. The Morgan fingerprint density at radius 2 is 1.89 bits per heavy atom. The second-order valence-corrected chi connectivity index (χ2v) is 4.74. The lowest BCUT2D eigenvalue weighted by molar-refractivity contribution is 0.619. The van der Waals surface area contributed by atoms with E-state index in [1.165, 1.54) is 17.8 Å². The van der Waals surface area contributed by atoms with Crippen LogP contribution in [0.1, 0.15) is 5.56 Å². The lowest BCUT2D eigenvalue weighted by Crippen LogP contribution is -2.01. The van der Waals surface area contributed by atoms with Crippen LogP contribution in [0.25, 0.3) is 0 Å². The average molecular weight is 278 g/mol. The quantitative estimate of drug-likeness (QED) is 0.663. The van der Waals surface area contributed by atoms with Crippen molar-refractivity contribution in [3.63, 3.8) is 0 Å². The van der Waals surface area contributed by atoms with Crippen LogP contribution in [0.4, 0.5) is 21.7 Å². The molecule has 1 aromatic heterocycles. The van der Waals surface area contributed by atoms with Gasteiger partial charge in [-0.1, -0.05) is 11.8 Å². The van der Waals surface area contributed by atoms with Gasteiger partial charge in [-0.15, -0.1) is 0 Å². The molecule has 1 aromatic carbocycles. The van der Waals surface area contributed by atoms with Gasteiger partial charge in [0.05, 0.1) is 0 Å². The fraction of sp³-hybridized carbons (Fsp3) is 0.231. The Labute approximate surface area is 115 Å². The number of aryl methyl sites for hydroxylation is 1. The zero-order chi connectivity index (χ0) is 13.8. The van der Waals surface area contributed by atoms with Crippen molar-refractivity contribution in [1.29, 1.82) is 0 Å². The minimum atomic E-state index is -0.214. The van der Waals surface area contributed by atoms with Crippen LogP contribution in [0.15, 0.2) is 29.4 Å². The van der Waals surface area contributed by atoms with Gasteiger partial charge in [-0.3, -0.25) is 0 Å². The molecule has 0 fully saturated rings. The van der Waals surface area contributed by atoms with Crippen molar-refractivity contribution in [3.05, 3.63) is 35.6 Å². The summed E-state index contributed by atoms with van der Waals surface area (Å²) in [7, 11) is 1.80. The van der Waals surface area contributed by atoms with E-state index in [4.69, 9.17) is 0 Å². The molecule has 0 aliphatic rings. The largest absolute Gasteiger partial charge is 0.373 e. The maximum atomic E-state index is 13.2. The third kappa shape index (κ3) is 3.35. The molecule has 0 aliphatic carbocycles. The maximum Gasteiger partial charge on any atom is 0.191 e. The van der Waals surface area contributed by atoms with Gasteiger partial charge in [0.2, 0.25) is 0 Å². The predicted molar refractivity (Wildman–Crippen MR) is 77.8 cm³/mol. The molecule has 0 amide bonds. The van der Waals surface area contributed by atoms with Crippen molar-refractivity contribution in [2.24, 2.45) is 0 Å². The van der Waals surface area contributed by atoms with Crippen molar-refractivity contribution < 1.29 is 4.39 Å². The molecular formula is C13H15FN4S. The third-order valence-corrected chi connectivity index (χ3v) is 3.12. The molecule has 0 unspecified atom stereocenters. The van der Waals surface area contributed by atoms with Crippen LogP contribution in [-0.4, -0.2) is 23.3 Å². The second-order valence-electron chi connectivity index (χ2n) is 3.96. The summed E-state index contributed by atoms with van der Waals surface area (Å²) in [6.07, 6.45) is 1.92. The first-order chi connectivity index (χ1) is 9.12. The van der Waals surface area contributed by atoms with Crippen LogP contribution >= 0.6 is 11.8 Å². The molecule has 1 heterocycles. The average Bonchev–Trinajstić information content (AvgIpc) is 2.42. The molecule has 100 valence electrons. The molecule has 0 aliphatic heterocycles. The smallest absolute Gasteiger partial charge is 0.191 e. The molecule has 2 aromatic rings. The molecule has 0 atom stereocenters. The van der Waals surface area contributed by atoms with E-state index in [0.717, 1.165) is 11.5 Å². The first-order valence-corrected chi connectivity index (χ1v) is 6.99. The van der Waals surface area contributed by atoms with E-state index in [2.05, 4.69) is 20.6 Å². The highest BCUT2D eigenvalue weighted by molar-refractivity contribution is 7.98. The topological polar surface area (TPSA) is 49.8 Å². The summed E-state index contributed by atoms with van der Waals surface area (Å²) in [5, 5.41) is 6.81. The predicted octanol–water partition coefficient (Wildman–Crippen LogP) is 3.43. The lowest BCUT2D eigenvalue weighted by atomic mass is 10.2. The molecule has 6 heteroatoms. The number of nitrogens with one attached hydrogen (secondary N) is 2. The van der Waals surface area contributed by atoms with Gasteiger partial charge in [-0.05, 0) is 36.9 Å². The summed E-state index contributed by atoms with van der Waals surface area (Å²) in [4.78, 5) is 8.64. The Balaban J connectivity index is 2.29. The van der Waals surface area contributed by atoms with E-state index >= 15 is 0 Å². The minimum Gasteiger partial charge on any atom is -0.373 e. The standard InChI is InChI=1S/C13H15FN4S/c1-8-6-9(4-5-10(8)14)16-12-7-11(15-2)17-13(18-12)19-3/h4-7H,1-3H3,(H2,15,16,17,18). The monoisotopic (exact) mass is 278 g/mol. The number of rotatable bonds is 4. The van der Waals surface area contributed by atoms with E-state index in [1.807, 2.05) is 6.26 Å². The van der Waals surface area contributed by atoms with Gasteiger partial charge in [-0.2, -0.15) is 0 Å². The van der Waals surface area contributed by atoms with Crippen LogP contribution in [0.2, 0.25) is 0 Å². The normalized spacial score (nSPS) is 10.3. The Hall–Kier alpha value is -1.82. The minimum absolute atomic E-state index is 0.214. The summed E-state index contributed by atoms with van der Waals surface area (Å²) in [6.45, 7) is 1.73. The molecule has 4 nitrogen and oxygen atoms in total. The highest BCUT2D eigenvalue weighted by Crippen LogP contribution is 2.22. The molecule has 0 radical (unpaired) electrons. The van der Waals surface area contributed by atoms with Crippen LogP contribution in [0, 0.1) is 12.7 Å². The molecule has 0 saturated heterocycles. The Bertz CT molecular complexity index is 567. The van der Waals surface area contributed by atoms with E-state index in [1.54, 1.807) is 32.2 Å². The summed E-state index contributed by atoms with van der Waals surface area (Å²) in [5.74, 6) is 1.20. The second kappa shape index (κ2) is 5.88. The van der Waals surface area contributed by atoms with Gasteiger partial charge >= 0.3 is 0 Å². The number of thioether (sulfide) groups is 1. The van der Waals surface area contributed by atoms with Crippen molar-refractivity contribution in [2.75, 3.05) is 23.9 Å². The van der Waals surface area contributed by atoms with Gasteiger partial charge in [0.15, 0.2) is 5.16 Å². The van der Waals surface area contributed by atoms with Crippen LogP contribution in [0.5, 0.6) is 0 Å². The number of hydrogen-bond acceptors (Lipinski definition) is 5. The van der Waals surface area contributed by atoms with Gasteiger partial charge in [0.25, 0.3) is 0 Å². The summed E-state index contributed by atoms with van der Waals surface area (Å²) >= 11 is 1.47. The first kappa shape index (κ1) is 13.6. The number of halogens is 1. The Morgan fingerprint density at radius 3 is 2.53 bits per heavy atom. The van der Waals surface area contributed by atoms with E-state index < -0.39 is 0 Å². The third-order valence-electron chi connectivity index (χ3n) is 2.57. The Kier molecular flexibility index (Phi) is 4.21. The van der Waals surface area contributed by atoms with Crippen molar-refractivity contribution in [2.45, 2.75) is 12.1 Å². The lowest BCUT2D eigenvalue weighted by Gasteiger charge is -2.09. The van der Waals surface area contributed by atoms with Gasteiger partial charge in [0, 0.05) is 18.8 Å². The fourth-order valence-electron chi connectivity index (χ4n) is 1.58. The van der Waals surface area contributed by atoms with Crippen LogP contribution in [-0.2, 0) is 0 Å². The van der Waals surface area contributed by atoms with Gasteiger partial charge < -0.3 is 10.6 Å². The summed E-state index contributed by atoms with van der Waals surface area (Å²) in [6, 6.07) is 6.67.